The molecule has 0 radical (unpaired) electrons. The molecule has 1 aromatic carbocycles. The summed E-state index contributed by atoms with van der Waals surface area (Å²) < 4.78 is 8.35. The van der Waals surface area contributed by atoms with E-state index < -0.39 is 8.24 Å². The van der Waals surface area contributed by atoms with Crippen molar-refractivity contribution in [2.24, 2.45) is 17.8 Å². The first-order valence-corrected chi connectivity index (χ1v) is 12.2. The summed E-state index contributed by atoms with van der Waals surface area (Å²) in [6.07, 6.45) is 9.37. The van der Waals surface area contributed by atoms with Gasteiger partial charge in [0.15, 0.2) is 0 Å². The first kappa shape index (κ1) is 15.1. The van der Waals surface area contributed by atoms with Gasteiger partial charge in [0.1, 0.15) is 14.0 Å². The fourth-order valence-electron chi connectivity index (χ4n) is 5.21. The molecule has 5 atom stereocenters. The summed E-state index contributed by atoms with van der Waals surface area (Å²) >= 11 is 0. The van der Waals surface area contributed by atoms with Crippen molar-refractivity contribution in [3.05, 3.63) is 48.1 Å². The number of benzene rings is 1. The Morgan fingerprint density at radius 2 is 1.74 bits per heavy atom. The van der Waals surface area contributed by atoms with Gasteiger partial charge in [0.05, 0.1) is 7.11 Å². The van der Waals surface area contributed by atoms with Gasteiger partial charge in [-0.15, -0.1) is 0 Å². The van der Waals surface area contributed by atoms with E-state index in [-0.39, 0.29) is 0 Å². The third-order valence-corrected chi connectivity index (χ3v) is 8.01. The van der Waals surface area contributed by atoms with E-state index in [1.807, 2.05) is 0 Å². The van der Waals surface area contributed by atoms with Gasteiger partial charge in [0.25, 0.3) is 0 Å². The van der Waals surface area contributed by atoms with Gasteiger partial charge < -0.3 is 9.30 Å². The highest BCUT2D eigenvalue weighted by Gasteiger charge is 2.56. The quantitative estimate of drug-likeness (QED) is 0.724. The number of ether oxygens (including phenoxy) is 1. The summed E-state index contributed by atoms with van der Waals surface area (Å²) in [5.74, 6) is 3.59. The zero-order valence-corrected chi connectivity index (χ0v) is 15.8. The van der Waals surface area contributed by atoms with E-state index >= 15 is 0 Å². The number of nitrogens with zero attached hydrogens (tertiary/aromatic N) is 1. The maximum absolute atomic E-state index is 5.53. The van der Waals surface area contributed by atoms with Gasteiger partial charge in [-0.05, 0) is 41.5 Å². The molecule has 0 aromatic heterocycles. The maximum atomic E-state index is 5.53. The van der Waals surface area contributed by atoms with Crippen molar-refractivity contribution in [2.75, 3.05) is 11.7 Å². The molecule has 0 spiro atoms. The summed E-state index contributed by atoms with van der Waals surface area (Å²) in [5, 5.41) is 0. The van der Waals surface area contributed by atoms with Crippen LogP contribution in [0.1, 0.15) is 18.4 Å². The molecule has 2 nitrogen and oxygen atoms in total. The van der Waals surface area contributed by atoms with Gasteiger partial charge in [-0.25, -0.2) is 0 Å². The molecule has 5 unspecified atom stereocenters. The molecule has 0 N–H and O–H groups in total. The molecule has 3 aliphatic rings. The van der Waals surface area contributed by atoms with Crippen LogP contribution >= 0.6 is 0 Å². The molecule has 0 amide bonds. The first-order valence-electron chi connectivity index (χ1n) is 8.76. The highest BCUT2D eigenvalue weighted by molar-refractivity contribution is 6.80. The number of hydrogen-bond donors (Lipinski definition) is 0. The van der Waals surface area contributed by atoms with E-state index in [0.717, 1.165) is 5.75 Å². The van der Waals surface area contributed by atoms with Gasteiger partial charge in [-0.2, -0.15) is 0 Å². The standard InChI is InChI=1S/C20H27NOSi/c1-13-15-8-6-7-9-16(15)19-17-12-14(22-2)10-11-18(17)21(20(13)19)23(3,4)5/h6-13,15-16,19-20H,1-5H3. The van der Waals surface area contributed by atoms with Gasteiger partial charge in [-0.1, -0.05) is 50.9 Å². The molecular weight excluding hydrogens is 298 g/mol. The lowest BCUT2D eigenvalue weighted by molar-refractivity contribution is 0.413. The van der Waals surface area contributed by atoms with Gasteiger partial charge >= 0.3 is 0 Å². The van der Waals surface area contributed by atoms with Gasteiger partial charge in [0.2, 0.25) is 0 Å². The van der Waals surface area contributed by atoms with Crippen molar-refractivity contribution in [1.29, 1.82) is 0 Å². The first-order chi connectivity index (χ1) is 10.9. The normalized spacial score (nSPS) is 34.3. The van der Waals surface area contributed by atoms with Crippen LogP contribution < -0.4 is 9.30 Å². The molecule has 1 heterocycles. The Hall–Kier alpha value is -1.48. The van der Waals surface area contributed by atoms with Crippen molar-refractivity contribution in [1.82, 2.24) is 0 Å². The van der Waals surface area contributed by atoms with Crippen LogP contribution in [0.5, 0.6) is 5.75 Å². The van der Waals surface area contributed by atoms with Crippen LogP contribution in [0.15, 0.2) is 42.5 Å². The highest BCUT2D eigenvalue weighted by Crippen LogP contribution is 2.59. The molecule has 2 aliphatic carbocycles. The minimum atomic E-state index is -1.45. The van der Waals surface area contributed by atoms with E-state index in [0.29, 0.717) is 29.7 Å². The molecule has 23 heavy (non-hydrogen) atoms. The molecule has 4 rings (SSSR count). The van der Waals surface area contributed by atoms with Crippen LogP contribution in [-0.4, -0.2) is 21.4 Å². The topological polar surface area (TPSA) is 12.5 Å². The summed E-state index contributed by atoms with van der Waals surface area (Å²) in [5.41, 5.74) is 2.98. The SMILES string of the molecule is COc1ccc2c(c1)C1C3C=CC=CC3C(C)C1N2[Si](C)(C)C. The lowest BCUT2D eigenvalue weighted by Crippen LogP contribution is -2.52. The Morgan fingerprint density at radius 3 is 2.39 bits per heavy atom. The number of allylic oxidation sites excluding steroid dienone is 4. The Balaban J connectivity index is 1.90. The molecule has 1 fully saturated rings. The van der Waals surface area contributed by atoms with Crippen LogP contribution in [0.2, 0.25) is 19.6 Å². The third-order valence-electron chi connectivity index (χ3n) is 6.02. The van der Waals surface area contributed by atoms with E-state index in [1.54, 1.807) is 7.11 Å². The zero-order valence-electron chi connectivity index (χ0n) is 14.8. The molecule has 1 aromatic rings. The smallest absolute Gasteiger partial charge is 0.147 e. The fourth-order valence-corrected chi connectivity index (χ4v) is 7.43. The Kier molecular flexibility index (Phi) is 3.28. The number of fused-ring (bicyclic) bond motifs is 5. The third kappa shape index (κ3) is 2.05. The highest BCUT2D eigenvalue weighted by atomic mass is 28.3. The molecule has 1 aliphatic heterocycles. The van der Waals surface area contributed by atoms with E-state index in [4.69, 9.17) is 4.74 Å². The average molecular weight is 326 g/mol. The van der Waals surface area contributed by atoms with Crippen LogP contribution in [0.25, 0.3) is 0 Å². The summed E-state index contributed by atoms with van der Waals surface area (Å²) in [6, 6.07) is 7.36. The second-order valence-corrected chi connectivity index (χ2v) is 13.1. The number of rotatable bonds is 2. The second-order valence-electron chi connectivity index (χ2n) is 8.27. The zero-order chi connectivity index (χ0) is 16.4. The average Bonchev–Trinajstić information content (AvgIpc) is 3.01. The van der Waals surface area contributed by atoms with E-state index in [9.17, 15) is 0 Å². The predicted octanol–water partition coefficient (Wildman–Crippen LogP) is 4.81. The molecule has 1 saturated carbocycles. The van der Waals surface area contributed by atoms with Crippen LogP contribution in [0, 0.1) is 17.8 Å². The summed E-state index contributed by atoms with van der Waals surface area (Å²) in [7, 11) is 0.321. The Labute approximate surface area is 140 Å². The second kappa shape index (κ2) is 5.00. The number of methoxy groups -OCH3 is 1. The molecule has 0 bridgehead atoms. The van der Waals surface area contributed by atoms with Crippen molar-refractivity contribution in [3.8, 4) is 5.75 Å². The lowest BCUT2D eigenvalue weighted by atomic mass is 9.82. The molecular formula is C20H27NOSi. The van der Waals surface area contributed by atoms with E-state index in [1.165, 1.54) is 11.3 Å². The van der Waals surface area contributed by atoms with E-state index in [2.05, 4.69) is 73.6 Å². The summed E-state index contributed by atoms with van der Waals surface area (Å²) in [6.45, 7) is 9.89. The predicted molar refractivity (Wildman–Crippen MR) is 99.8 cm³/mol. The minimum Gasteiger partial charge on any atom is -0.497 e. The van der Waals surface area contributed by atoms with Crippen LogP contribution in [0.3, 0.4) is 0 Å². The fraction of sp³-hybridized carbons (Fsp3) is 0.500. The molecule has 3 heteroatoms. The lowest BCUT2D eigenvalue weighted by Gasteiger charge is -2.41. The Morgan fingerprint density at radius 1 is 1.04 bits per heavy atom. The largest absolute Gasteiger partial charge is 0.497 e. The van der Waals surface area contributed by atoms with Crippen molar-refractivity contribution < 1.29 is 4.74 Å². The van der Waals surface area contributed by atoms with Gasteiger partial charge in [0, 0.05) is 17.6 Å². The monoisotopic (exact) mass is 325 g/mol. The van der Waals surface area contributed by atoms with Crippen molar-refractivity contribution >= 4 is 13.9 Å². The van der Waals surface area contributed by atoms with Crippen molar-refractivity contribution in [3.63, 3.8) is 0 Å². The molecule has 0 saturated heterocycles. The Bertz CT molecular complexity index is 687. The van der Waals surface area contributed by atoms with Crippen LogP contribution in [-0.2, 0) is 0 Å². The number of hydrogen-bond acceptors (Lipinski definition) is 2. The van der Waals surface area contributed by atoms with Crippen LogP contribution in [0.4, 0.5) is 5.69 Å². The summed E-state index contributed by atoms with van der Waals surface area (Å²) in [4.78, 5) is 0. The van der Waals surface area contributed by atoms with Gasteiger partial charge in [-0.3, -0.25) is 0 Å². The molecule has 122 valence electrons. The number of anilines is 1. The maximum Gasteiger partial charge on any atom is 0.147 e. The van der Waals surface area contributed by atoms with Crippen molar-refractivity contribution in [2.45, 2.75) is 38.5 Å². The minimum absolute atomic E-state index is 0.605.